The molecule has 0 atom stereocenters. The summed E-state index contributed by atoms with van der Waals surface area (Å²) in [6.45, 7) is 1.89. The summed E-state index contributed by atoms with van der Waals surface area (Å²) in [5, 5.41) is 0.544. The lowest BCUT2D eigenvalue weighted by molar-refractivity contribution is -0.137. The van der Waals surface area contributed by atoms with E-state index in [1.807, 2.05) is 6.92 Å². The molecule has 3 aromatic rings. The second-order valence-corrected chi connectivity index (χ2v) is 5.71. The van der Waals surface area contributed by atoms with E-state index in [4.69, 9.17) is 16.0 Å². The molecule has 2 aromatic carbocycles. The van der Waals surface area contributed by atoms with Crippen molar-refractivity contribution in [1.82, 2.24) is 4.98 Å². The molecule has 0 aliphatic rings. The van der Waals surface area contributed by atoms with E-state index in [9.17, 15) is 13.2 Å². The molecular weight excluding hydrogens is 339 g/mol. The molecule has 0 bridgehead atoms. The van der Waals surface area contributed by atoms with Crippen LogP contribution in [0.1, 0.15) is 30.4 Å². The summed E-state index contributed by atoms with van der Waals surface area (Å²) in [5.41, 5.74) is 1.67. The number of hydrogen-bond donors (Lipinski definition) is 0. The Kier molecular flexibility index (Phi) is 4.37. The number of fused-ring (bicyclic) bond motifs is 1. The summed E-state index contributed by atoms with van der Waals surface area (Å²) in [5.74, 6) is 0.382. The molecule has 124 valence electrons. The Morgan fingerprint density at radius 3 is 2.71 bits per heavy atom. The standard InChI is InChI=1S/C18H13ClF3NO/c1-2-12(8-11-4-3-5-13(9-11)18(20,21)22)17-23-15-10-14(19)6-7-16(15)24-17/h3-10H,2H2,1H3. The number of allylic oxidation sites excluding steroid dienone is 1. The minimum atomic E-state index is -4.37. The highest BCUT2D eigenvalue weighted by Gasteiger charge is 2.30. The predicted octanol–water partition coefficient (Wildman–Crippen LogP) is 6.45. The van der Waals surface area contributed by atoms with Gasteiger partial charge in [0.1, 0.15) is 5.52 Å². The van der Waals surface area contributed by atoms with Gasteiger partial charge in [0.2, 0.25) is 5.89 Å². The predicted molar refractivity (Wildman–Crippen MR) is 88.6 cm³/mol. The molecule has 0 amide bonds. The lowest BCUT2D eigenvalue weighted by Crippen LogP contribution is -2.04. The van der Waals surface area contributed by atoms with Crippen LogP contribution in [0.15, 0.2) is 46.9 Å². The molecule has 0 aliphatic carbocycles. The van der Waals surface area contributed by atoms with Gasteiger partial charge in [-0.2, -0.15) is 13.2 Å². The maximum absolute atomic E-state index is 12.8. The smallest absolute Gasteiger partial charge is 0.416 e. The van der Waals surface area contributed by atoms with Crippen LogP contribution in [-0.2, 0) is 6.18 Å². The Hall–Kier alpha value is -2.27. The lowest BCUT2D eigenvalue weighted by atomic mass is 10.1. The third-order valence-corrected chi connectivity index (χ3v) is 3.80. The molecule has 1 heterocycles. The molecule has 24 heavy (non-hydrogen) atoms. The topological polar surface area (TPSA) is 26.0 Å². The number of aromatic nitrogens is 1. The third kappa shape index (κ3) is 3.46. The van der Waals surface area contributed by atoms with Crippen molar-refractivity contribution in [2.45, 2.75) is 19.5 Å². The van der Waals surface area contributed by atoms with Gasteiger partial charge in [0.25, 0.3) is 0 Å². The second kappa shape index (κ2) is 6.32. The number of benzene rings is 2. The molecule has 0 N–H and O–H groups in total. The molecule has 0 radical (unpaired) electrons. The van der Waals surface area contributed by atoms with Gasteiger partial charge in [0.05, 0.1) is 5.56 Å². The van der Waals surface area contributed by atoms with Gasteiger partial charge in [-0.05, 0) is 48.4 Å². The first-order valence-corrected chi connectivity index (χ1v) is 7.69. The molecule has 0 aliphatic heterocycles. The first-order valence-electron chi connectivity index (χ1n) is 7.31. The largest absolute Gasteiger partial charge is 0.436 e. The summed E-state index contributed by atoms with van der Waals surface area (Å²) in [6.07, 6.45) is -2.15. The quantitative estimate of drug-likeness (QED) is 0.542. The Morgan fingerprint density at radius 2 is 2.00 bits per heavy atom. The number of hydrogen-bond acceptors (Lipinski definition) is 2. The van der Waals surface area contributed by atoms with Crippen LogP contribution >= 0.6 is 11.6 Å². The van der Waals surface area contributed by atoms with Crippen molar-refractivity contribution in [3.05, 3.63) is 64.5 Å². The summed E-state index contributed by atoms with van der Waals surface area (Å²) < 4.78 is 44.2. The van der Waals surface area contributed by atoms with E-state index < -0.39 is 11.7 Å². The van der Waals surface area contributed by atoms with Gasteiger partial charge >= 0.3 is 6.18 Å². The maximum atomic E-state index is 12.8. The van der Waals surface area contributed by atoms with Crippen LogP contribution in [0.2, 0.25) is 5.02 Å². The van der Waals surface area contributed by atoms with Gasteiger partial charge in [-0.3, -0.25) is 0 Å². The molecule has 3 rings (SSSR count). The SMILES string of the molecule is CCC(=Cc1cccc(C(F)(F)F)c1)c1nc2cc(Cl)ccc2o1. The van der Waals surface area contributed by atoms with E-state index in [0.29, 0.717) is 39.6 Å². The van der Waals surface area contributed by atoms with E-state index >= 15 is 0 Å². The zero-order valence-corrected chi connectivity index (χ0v) is 13.4. The first-order chi connectivity index (χ1) is 11.4. The van der Waals surface area contributed by atoms with Gasteiger partial charge in [0, 0.05) is 10.6 Å². The van der Waals surface area contributed by atoms with Crippen LogP contribution in [0, 0.1) is 0 Å². The van der Waals surface area contributed by atoms with Crippen LogP contribution in [0.25, 0.3) is 22.7 Å². The normalized spacial score (nSPS) is 12.8. The van der Waals surface area contributed by atoms with Gasteiger partial charge in [-0.15, -0.1) is 0 Å². The zero-order chi connectivity index (χ0) is 17.3. The molecule has 6 heteroatoms. The molecular formula is C18H13ClF3NO. The monoisotopic (exact) mass is 351 g/mol. The van der Waals surface area contributed by atoms with Crippen LogP contribution in [0.4, 0.5) is 13.2 Å². The van der Waals surface area contributed by atoms with Crippen molar-refractivity contribution in [3.8, 4) is 0 Å². The molecule has 1 aromatic heterocycles. The Morgan fingerprint density at radius 1 is 1.21 bits per heavy atom. The van der Waals surface area contributed by atoms with Crippen LogP contribution in [-0.4, -0.2) is 4.98 Å². The van der Waals surface area contributed by atoms with E-state index in [0.717, 1.165) is 12.1 Å². The molecule has 2 nitrogen and oxygen atoms in total. The minimum Gasteiger partial charge on any atom is -0.436 e. The molecule has 0 fully saturated rings. The summed E-state index contributed by atoms with van der Waals surface area (Å²) >= 11 is 5.93. The van der Waals surface area contributed by atoms with Crippen molar-refractivity contribution < 1.29 is 17.6 Å². The van der Waals surface area contributed by atoms with Crippen LogP contribution in [0.3, 0.4) is 0 Å². The highest BCUT2D eigenvalue weighted by molar-refractivity contribution is 6.31. The van der Waals surface area contributed by atoms with Gasteiger partial charge in [-0.25, -0.2) is 4.98 Å². The van der Waals surface area contributed by atoms with Crippen LogP contribution < -0.4 is 0 Å². The minimum absolute atomic E-state index is 0.382. The Labute approximate surface area is 141 Å². The number of halogens is 4. The fourth-order valence-corrected chi connectivity index (χ4v) is 2.53. The Balaban J connectivity index is 2.02. The van der Waals surface area contributed by atoms with Crippen molar-refractivity contribution in [1.29, 1.82) is 0 Å². The van der Waals surface area contributed by atoms with E-state index in [1.165, 1.54) is 6.07 Å². The number of nitrogens with zero attached hydrogens (tertiary/aromatic N) is 1. The highest BCUT2D eigenvalue weighted by Crippen LogP contribution is 2.31. The van der Waals surface area contributed by atoms with Crippen molar-refractivity contribution in [2.75, 3.05) is 0 Å². The molecule has 0 unspecified atom stereocenters. The summed E-state index contributed by atoms with van der Waals surface area (Å²) in [7, 11) is 0. The molecule has 0 saturated heterocycles. The fraction of sp³-hybridized carbons (Fsp3) is 0.167. The molecule has 0 spiro atoms. The van der Waals surface area contributed by atoms with Crippen molar-refractivity contribution in [3.63, 3.8) is 0 Å². The van der Waals surface area contributed by atoms with E-state index in [-0.39, 0.29) is 0 Å². The van der Waals surface area contributed by atoms with Gasteiger partial charge in [-0.1, -0.05) is 30.7 Å². The average Bonchev–Trinajstić information content (AvgIpc) is 2.95. The van der Waals surface area contributed by atoms with Gasteiger partial charge < -0.3 is 4.42 Å². The lowest BCUT2D eigenvalue weighted by Gasteiger charge is -2.07. The first kappa shape index (κ1) is 16.6. The summed E-state index contributed by atoms with van der Waals surface area (Å²) in [6, 6.07) is 10.2. The Bertz CT molecular complexity index is 912. The molecule has 0 saturated carbocycles. The third-order valence-electron chi connectivity index (χ3n) is 3.56. The summed E-state index contributed by atoms with van der Waals surface area (Å²) in [4.78, 5) is 4.37. The zero-order valence-electron chi connectivity index (χ0n) is 12.7. The van der Waals surface area contributed by atoms with Crippen molar-refractivity contribution >= 4 is 34.3 Å². The van der Waals surface area contributed by atoms with Crippen LogP contribution in [0.5, 0.6) is 0 Å². The van der Waals surface area contributed by atoms with E-state index in [2.05, 4.69) is 4.98 Å². The van der Waals surface area contributed by atoms with Gasteiger partial charge in [0.15, 0.2) is 5.58 Å². The number of oxazole rings is 1. The number of rotatable bonds is 3. The average molecular weight is 352 g/mol. The van der Waals surface area contributed by atoms with Crippen molar-refractivity contribution in [2.24, 2.45) is 0 Å². The van der Waals surface area contributed by atoms with E-state index in [1.54, 1.807) is 30.3 Å². The number of alkyl halides is 3. The fourth-order valence-electron chi connectivity index (χ4n) is 2.36. The highest BCUT2D eigenvalue weighted by atomic mass is 35.5. The maximum Gasteiger partial charge on any atom is 0.416 e. The second-order valence-electron chi connectivity index (χ2n) is 5.28.